The molecule has 0 aliphatic rings. The molecule has 6 heteroatoms. The van der Waals surface area contributed by atoms with Crippen molar-refractivity contribution in [1.82, 2.24) is 5.32 Å². The molecule has 2 atom stereocenters. The topological polar surface area (TPSA) is 95.9 Å². The lowest BCUT2D eigenvalue weighted by Gasteiger charge is -2.22. The van der Waals surface area contributed by atoms with Crippen LogP contribution in [-0.2, 0) is 14.3 Å². The fourth-order valence-electron chi connectivity index (χ4n) is 11.9. The number of hydrogen-bond donors (Lipinski definition) is 3. The maximum absolute atomic E-state index is 12.5. The van der Waals surface area contributed by atoms with Gasteiger partial charge in [0, 0.05) is 12.8 Å². The first-order valence-electron chi connectivity index (χ1n) is 37.1. The molecule has 0 radical (unpaired) electrons. The number of rotatable bonds is 70. The summed E-state index contributed by atoms with van der Waals surface area (Å²) in [6.07, 6.45) is 89.6. The molecule has 0 fully saturated rings. The summed E-state index contributed by atoms with van der Waals surface area (Å²) in [4.78, 5) is 24.6. The molecule has 0 aliphatic carbocycles. The van der Waals surface area contributed by atoms with Crippen LogP contribution in [0.3, 0.4) is 0 Å². The highest BCUT2D eigenvalue weighted by Crippen LogP contribution is 2.20. The Hall–Kier alpha value is -1.66. The molecule has 3 N–H and O–H groups in total. The molecule has 0 aromatic rings. The number of unbranched alkanes of at least 4 members (excludes halogenated alkanes) is 55. The minimum atomic E-state index is -0.660. The predicted molar refractivity (Wildman–Crippen MR) is 356 cm³/mol. The second-order valence-corrected chi connectivity index (χ2v) is 25.6. The van der Waals surface area contributed by atoms with E-state index in [1.807, 2.05) is 0 Å². The summed E-state index contributed by atoms with van der Waals surface area (Å²) in [5, 5.41) is 23.3. The third-order valence-electron chi connectivity index (χ3n) is 17.5. The molecule has 81 heavy (non-hydrogen) atoms. The number of aliphatic hydroxyl groups is 2. The highest BCUT2D eigenvalue weighted by atomic mass is 16.5. The molecule has 2 unspecified atom stereocenters. The van der Waals surface area contributed by atoms with Crippen LogP contribution in [0.25, 0.3) is 0 Å². The van der Waals surface area contributed by atoms with Crippen molar-refractivity contribution in [3.8, 4) is 0 Å². The van der Waals surface area contributed by atoms with Gasteiger partial charge in [0.1, 0.15) is 0 Å². The van der Waals surface area contributed by atoms with E-state index in [9.17, 15) is 19.8 Å². The SMILES string of the molecule is CCCCC/C=C\C/C=C\CCCCCCCCCCCC(=O)OCCCCCCCCCCCCCCCCCCCCCCCCCCCCCCCCCC(=O)NC(CO)C(O)CCCCCCCCCCCCCCCC. The van der Waals surface area contributed by atoms with Crippen LogP contribution in [0.2, 0.25) is 0 Å². The van der Waals surface area contributed by atoms with E-state index in [1.165, 1.54) is 334 Å². The van der Waals surface area contributed by atoms with Gasteiger partial charge in [-0.25, -0.2) is 0 Å². The van der Waals surface area contributed by atoms with Crippen molar-refractivity contribution in [2.75, 3.05) is 13.2 Å². The number of ether oxygens (including phenoxy) is 1. The molecule has 0 saturated carbocycles. The molecule has 0 aliphatic heterocycles. The van der Waals surface area contributed by atoms with Crippen molar-refractivity contribution < 1.29 is 24.5 Å². The zero-order valence-corrected chi connectivity index (χ0v) is 55.0. The summed E-state index contributed by atoms with van der Waals surface area (Å²) in [6, 6.07) is -0.537. The summed E-state index contributed by atoms with van der Waals surface area (Å²) in [7, 11) is 0. The van der Waals surface area contributed by atoms with Crippen molar-refractivity contribution in [3.63, 3.8) is 0 Å². The fraction of sp³-hybridized carbons (Fsp3) is 0.920. The van der Waals surface area contributed by atoms with Gasteiger partial charge in [0.25, 0.3) is 0 Å². The van der Waals surface area contributed by atoms with E-state index in [0.717, 1.165) is 51.4 Å². The van der Waals surface area contributed by atoms with Gasteiger partial charge in [-0.1, -0.05) is 372 Å². The normalized spacial score (nSPS) is 12.6. The van der Waals surface area contributed by atoms with Crippen LogP contribution in [0.15, 0.2) is 24.3 Å². The lowest BCUT2D eigenvalue weighted by atomic mass is 10.0. The minimum Gasteiger partial charge on any atom is -0.466 e. The summed E-state index contributed by atoms with van der Waals surface area (Å²) in [6.45, 7) is 4.97. The number of nitrogens with one attached hydrogen (secondary N) is 1. The van der Waals surface area contributed by atoms with Gasteiger partial charge in [0.2, 0.25) is 5.91 Å². The number of carbonyl (C=O) groups excluding carboxylic acids is 2. The average Bonchev–Trinajstić information content (AvgIpc) is 3.47. The summed E-state index contributed by atoms with van der Waals surface area (Å²) >= 11 is 0. The minimum absolute atomic E-state index is 0.0177. The first-order chi connectivity index (χ1) is 40.0. The van der Waals surface area contributed by atoms with Gasteiger partial charge in [-0.05, 0) is 57.8 Å². The van der Waals surface area contributed by atoms with Gasteiger partial charge < -0.3 is 20.3 Å². The third kappa shape index (κ3) is 67.3. The van der Waals surface area contributed by atoms with Crippen LogP contribution in [0.1, 0.15) is 418 Å². The second kappa shape index (κ2) is 70.8. The molecule has 0 spiro atoms. The Morgan fingerprint density at radius 1 is 0.346 bits per heavy atom. The van der Waals surface area contributed by atoms with Crippen LogP contribution in [-0.4, -0.2) is 47.4 Å². The lowest BCUT2D eigenvalue weighted by molar-refractivity contribution is -0.143. The van der Waals surface area contributed by atoms with Crippen molar-refractivity contribution >= 4 is 11.9 Å². The Kier molecular flexibility index (Phi) is 69.4. The molecule has 0 bridgehead atoms. The predicted octanol–water partition coefficient (Wildman–Crippen LogP) is 24.1. The third-order valence-corrected chi connectivity index (χ3v) is 17.5. The molecular weight excluding hydrogens is 995 g/mol. The van der Waals surface area contributed by atoms with Gasteiger partial charge in [-0.15, -0.1) is 0 Å². The number of carbonyl (C=O) groups is 2. The number of esters is 1. The molecule has 0 rings (SSSR count). The van der Waals surface area contributed by atoms with E-state index in [2.05, 4.69) is 43.5 Å². The number of allylic oxidation sites excluding steroid dienone is 4. The fourth-order valence-corrected chi connectivity index (χ4v) is 11.9. The first-order valence-corrected chi connectivity index (χ1v) is 37.1. The Bertz CT molecular complexity index is 1270. The highest BCUT2D eigenvalue weighted by Gasteiger charge is 2.20. The maximum atomic E-state index is 12.5. The monoisotopic (exact) mass is 1140 g/mol. The number of aliphatic hydroxyl groups excluding tert-OH is 2. The van der Waals surface area contributed by atoms with E-state index in [0.29, 0.717) is 25.9 Å². The van der Waals surface area contributed by atoms with Crippen molar-refractivity contribution in [3.05, 3.63) is 24.3 Å². The molecule has 0 aromatic carbocycles. The smallest absolute Gasteiger partial charge is 0.305 e. The van der Waals surface area contributed by atoms with E-state index in [-0.39, 0.29) is 18.5 Å². The van der Waals surface area contributed by atoms with Crippen LogP contribution in [0.4, 0.5) is 0 Å². The zero-order valence-electron chi connectivity index (χ0n) is 55.0. The van der Waals surface area contributed by atoms with Crippen LogP contribution in [0.5, 0.6) is 0 Å². The maximum Gasteiger partial charge on any atom is 0.305 e. The van der Waals surface area contributed by atoms with Crippen molar-refractivity contribution in [2.24, 2.45) is 0 Å². The molecule has 0 heterocycles. The summed E-state index contributed by atoms with van der Waals surface area (Å²) < 4.78 is 5.51. The Morgan fingerprint density at radius 3 is 0.963 bits per heavy atom. The summed E-state index contributed by atoms with van der Waals surface area (Å²) in [5.74, 6) is -0.0102. The zero-order chi connectivity index (χ0) is 58.5. The first kappa shape index (κ1) is 79.3. The molecule has 6 nitrogen and oxygen atoms in total. The number of hydrogen-bond acceptors (Lipinski definition) is 5. The van der Waals surface area contributed by atoms with Gasteiger partial charge in [-0.2, -0.15) is 0 Å². The highest BCUT2D eigenvalue weighted by molar-refractivity contribution is 5.76. The largest absolute Gasteiger partial charge is 0.466 e. The van der Waals surface area contributed by atoms with Crippen molar-refractivity contribution in [2.45, 2.75) is 431 Å². The lowest BCUT2D eigenvalue weighted by Crippen LogP contribution is -2.45. The standard InChI is InChI=1S/C75H145NO5/c1-3-5-7-9-11-13-15-17-19-20-34-38-41-45-49-53-57-61-65-69-75(80)81-70-66-62-58-54-50-46-42-39-36-33-31-29-27-25-23-21-22-24-26-28-30-32-35-37-40-44-48-52-56-60-64-68-74(79)76-72(71-77)73(78)67-63-59-55-51-47-43-18-16-14-12-10-8-6-4-2/h11,13,17,19,72-73,77-78H,3-10,12,14-16,18,20-71H2,1-2H3,(H,76,79)/b13-11-,19-17-. The van der Waals surface area contributed by atoms with Crippen molar-refractivity contribution in [1.29, 1.82) is 0 Å². The number of amides is 1. The van der Waals surface area contributed by atoms with Gasteiger partial charge >= 0.3 is 5.97 Å². The molecule has 0 aromatic heterocycles. The van der Waals surface area contributed by atoms with Gasteiger partial charge in [0.05, 0.1) is 25.4 Å². The van der Waals surface area contributed by atoms with E-state index < -0.39 is 12.1 Å². The van der Waals surface area contributed by atoms with Crippen LogP contribution in [0, 0.1) is 0 Å². The van der Waals surface area contributed by atoms with Gasteiger partial charge in [0.15, 0.2) is 0 Å². The van der Waals surface area contributed by atoms with Gasteiger partial charge in [-0.3, -0.25) is 9.59 Å². The van der Waals surface area contributed by atoms with E-state index in [1.54, 1.807) is 0 Å². The molecule has 0 saturated heterocycles. The van der Waals surface area contributed by atoms with E-state index in [4.69, 9.17) is 4.74 Å². The molecule has 480 valence electrons. The van der Waals surface area contributed by atoms with Crippen LogP contribution >= 0.6 is 0 Å². The second-order valence-electron chi connectivity index (χ2n) is 25.6. The van der Waals surface area contributed by atoms with E-state index >= 15 is 0 Å². The Labute approximate surface area is 507 Å². The molecule has 1 amide bonds. The average molecular weight is 1140 g/mol. The van der Waals surface area contributed by atoms with Crippen LogP contribution < -0.4 is 5.32 Å². The summed E-state index contributed by atoms with van der Waals surface area (Å²) in [5.41, 5.74) is 0. The quantitative estimate of drug-likeness (QED) is 0.0320. The Morgan fingerprint density at radius 2 is 0.617 bits per heavy atom. The molecular formula is C75H145NO5. The Balaban J connectivity index is 3.30.